The number of benzene rings is 1. The standard InChI is InChI=1S/C15H18FNO3/c1-15(2,3)20-14(19)17-12(8-9-13(17)18)10-4-6-11(16)7-5-10/h4-7,12H,8-9H2,1-3H3. The summed E-state index contributed by atoms with van der Waals surface area (Å²) in [4.78, 5) is 25.2. The highest BCUT2D eigenvalue weighted by Crippen LogP contribution is 2.34. The van der Waals surface area contributed by atoms with E-state index in [0.717, 1.165) is 10.5 Å². The van der Waals surface area contributed by atoms with Gasteiger partial charge in [-0.2, -0.15) is 0 Å². The molecule has 0 radical (unpaired) electrons. The number of nitrogens with zero attached hydrogens (tertiary/aromatic N) is 1. The van der Waals surface area contributed by atoms with E-state index in [0.29, 0.717) is 12.8 Å². The van der Waals surface area contributed by atoms with Gasteiger partial charge in [0.1, 0.15) is 11.4 Å². The molecule has 0 N–H and O–H groups in total. The van der Waals surface area contributed by atoms with Crippen molar-refractivity contribution in [3.63, 3.8) is 0 Å². The molecule has 1 aliphatic heterocycles. The number of rotatable bonds is 1. The molecule has 1 heterocycles. The molecule has 1 fully saturated rings. The Kier molecular flexibility index (Phi) is 3.79. The lowest BCUT2D eigenvalue weighted by molar-refractivity contribution is -0.128. The number of hydrogen-bond donors (Lipinski definition) is 0. The average molecular weight is 279 g/mol. The lowest BCUT2D eigenvalue weighted by Crippen LogP contribution is -2.38. The molecule has 20 heavy (non-hydrogen) atoms. The minimum Gasteiger partial charge on any atom is -0.443 e. The van der Waals surface area contributed by atoms with Crippen molar-refractivity contribution in [2.75, 3.05) is 0 Å². The van der Waals surface area contributed by atoms with Gasteiger partial charge < -0.3 is 4.74 Å². The van der Waals surface area contributed by atoms with Gasteiger partial charge in [0, 0.05) is 6.42 Å². The van der Waals surface area contributed by atoms with Crippen LogP contribution in [0.1, 0.15) is 45.2 Å². The van der Waals surface area contributed by atoms with Crippen molar-refractivity contribution in [3.05, 3.63) is 35.6 Å². The fourth-order valence-corrected chi connectivity index (χ4v) is 2.22. The van der Waals surface area contributed by atoms with E-state index in [1.54, 1.807) is 32.9 Å². The van der Waals surface area contributed by atoms with Crippen molar-refractivity contribution in [2.24, 2.45) is 0 Å². The monoisotopic (exact) mass is 279 g/mol. The van der Waals surface area contributed by atoms with Gasteiger partial charge in [0.05, 0.1) is 6.04 Å². The highest BCUT2D eigenvalue weighted by molar-refractivity contribution is 5.94. The van der Waals surface area contributed by atoms with Gasteiger partial charge in [0.25, 0.3) is 0 Å². The highest BCUT2D eigenvalue weighted by atomic mass is 19.1. The van der Waals surface area contributed by atoms with Crippen LogP contribution in [0.15, 0.2) is 24.3 Å². The third-order valence-corrected chi connectivity index (χ3v) is 3.06. The van der Waals surface area contributed by atoms with Gasteiger partial charge in [-0.25, -0.2) is 14.1 Å². The fraction of sp³-hybridized carbons (Fsp3) is 0.467. The zero-order valence-corrected chi connectivity index (χ0v) is 11.9. The maximum Gasteiger partial charge on any atom is 0.417 e. The van der Waals surface area contributed by atoms with Gasteiger partial charge >= 0.3 is 6.09 Å². The Morgan fingerprint density at radius 2 is 1.90 bits per heavy atom. The summed E-state index contributed by atoms with van der Waals surface area (Å²) in [6.45, 7) is 5.25. The Morgan fingerprint density at radius 3 is 2.45 bits per heavy atom. The van der Waals surface area contributed by atoms with E-state index in [1.165, 1.54) is 12.1 Å². The number of amides is 2. The van der Waals surface area contributed by atoms with E-state index in [-0.39, 0.29) is 17.8 Å². The molecular weight excluding hydrogens is 261 g/mol. The molecule has 0 saturated carbocycles. The van der Waals surface area contributed by atoms with Crippen LogP contribution in [0.3, 0.4) is 0 Å². The van der Waals surface area contributed by atoms with Crippen molar-refractivity contribution < 1.29 is 18.7 Å². The van der Waals surface area contributed by atoms with Gasteiger partial charge in [-0.15, -0.1) is 0 Å². The second-order valence-corrected chi connectivity index (χ2v) is 5.85. The molecule has 0 aliphatic carbocycles. The van der Waals surface area contributed by atoms with Crippen molar-refractivity contribution in [1.29, 1.82) is 0 Å². The van der Waals surface area contributed by atoms with E-state index in [2.05, 4.69) is 0 Å². The number of likely N-dealkylation sites (tertiary alicyclic amines) is 1. The van der Waals surface area contributed by atoms with Crippen LogP contribution < -0.4 is 0 Å². The van der Waals surface area contributed by atoms with E-state index >= 15 is 0 Å². The van der Waals surface area contributed by atoms with Crippen LogP contribution in [0, 0.1) is 5.82 Å². The van der Waals surface area contributed by atoms with Gasteiger partial charge in [0.15, 0.2) is 0 Å². The second kappa shape index (κ2) is 5.23. The van der Waals surface area contributed by atoms with E-state index < -0.39 is 11.7 Å². The number of halogens is 1. The molecule has 0 aromatic heterocycles. The smallest absolute Gasteiger partial charge is 0.417 e. The van der Waals surface area contributed by atoms with Crippen LogP contribution in [0.25, 0.3) is 0 Å². The lowest BCUT2D eigenvalue weighted by atomic mass is 10.0. The summed E-state index contributed by atoms with van der Waals surface area (Å²) in [5.41, 5.74) is 0.0796. The summed E-state index contributed by atoms with van der Waals surface area (Å²) >= 11 is 0. The molecule has 1 atom stereocenters. The zero-order valence-electron chi connectivity index (χ0n) is 11.9. The van der Waals surface area contributed by atoms with Gasteiger partial charge in [-0.05, 0) is 44.9 Å². The summed E-state index contributed by atoms with van der Waals surface area (Å²) in [7, 11) is 0. The van der Waals surface area contributed by atoms with Crippen molar-refractivity contribution in [3.8, 4) is 0 Å². The second-order valence-electron chi connectivity index (χ2n) is 5.85. The molecule has 1 aromatic carbocycles. The fourth-order valence-electron chi connectivity index (χ4n) is 2.22. The topological polar surface area (TPSA) is 46.6 Å². The Bertz CT molecular complexity index is 519. The first-order chi connectivity index (χ1) is 9.28. The first-order valence-corrected chi connectivity index (χ1v) is 6.58. The Morgan fingerprint density at radius 1 is 1.30 bits per heavy atom. The SMILES string of the molecule is CC(C)(C)OC(=O)N1C(=O)CCC1c1ccc(F)cc1. The van der Waals surface area contributed by atoms with Crippen LogP contribution in [-0.2, 0) is 9.53 Å². The maximum atomic E-state index is 13.0. The number of carbonyl (C=O) groups is 2. The van der Waals surface area contributed by atoms with Crippen LogP contribution in [0.4, 0.5) is 9.18 Å². The lowest BCUT2D eigenvalue weighted by Gasteiger charge is -2.27. The number of carbonyl (C=O) groups excluding carboxylic acids is 2. The first-order valence-electron chi connectivity index (χ1n) is 6.58. The largest absolute Gasteiger partial charge is 0.443 e. The molecule has 1 saturated heterocycles. The summed E-state index contributed by atoms with van der Waals surface area (Å²) in [5, 5.41) is 0. The number of imide groups is 1. The quantitative estimate of drug-likeness (QED) is 0.791. The molecule has 2 amide bonds. The molecule has 1 aliphatic rings. The summed E-state index contributed by atoms with van der Waals surface area (Å²) in [5.74, 6) is -0.601. The summed E-state index contributed by atoms with van der Waals surface area (Å²) in [6, 6.07) is 5.46. The molecule has 1 unspecified atom stereocenters. The molecule has 2 rings (SSSR count). The third kappa shape index (κ3) is 3.15. The Labute approximate surface area is 117 Å². The van der Waals surface area contributed by atoms with Crippen molar-refractivity contribution in [1.82, 2.24) is 4.90 Å². The Balaban J connectivity index is 2.22. The van der Waals surface area contributed by atoms with Gasteiger partial charge in [-0.1, -0.05) is 12.1 Å². The third-order valence-electron chi connectivity index (χ3n) is 3.06. The zero-order chi connectivity index (χ0) is 14.9. The number of hydrogen-bond acceptors (Lipinski definition) is 3. The van der Waals surface area contributed by atoms with E-state index in [9.17, 15) is 14.0 Å². The molecule has 4 nitrogen and oxygen atoms in total. The average Bonchev–Trinajstić information content (AvgIpc) is 2.70. The van der Waals surface area contributed by atoms with Crippen LogP contribution in [-0.4, -0.2) is 22.5 Å². The van der Waals surface area contributed by atoms with Gasteiger partial charge in [0.2, 0.25) is 5.91 Å². The van der Waals surface area contributed by atoms with E-state index in [1.807, 2.05) is 0 Å². The molecule has 0 spiro atoms. The van der Waals surface area contributed by atoms with Gasteiger partial charge in [-0.3, -0.25) is 4.79 Å². The van der Waals surface area contributed by atoms with Crippen LogP contribution >= 0.6 is 0 Å². The maximum absolute atomic E-state index is 13.0. The predicted molar refractivity (Wildman–Crippen MR) is 71.5 cm³/mol. The molecule has 0 bridgehead atoms. The molecule has 1 aromatic rings. The first kappa shape index (κ1) is 14.5. The summed E-state index contributed by atoms with van der Waals surface area (Å²) < 4.78 is 18.2. The predicted octanol–water partition coefficient (Wildman–Crippen LogP) is 3.42. The molecule has 5 heteroatoms. The minimum absolute atomic E-state index is 0.256. The highest BCUT2D eigenvalue weighted by Gasteiger charge is 2.39. The summed E-state index contributed by atoms with van der Waals surface area (Å²) in [6.07, 6.45) is 0.180. The molecular formula is C15H18FNO3. The normalized spacial score (nSPS) is 19.3. The molecule has 108 valence electrons. The van der Waals surface area contributed by atoms with Crippen LogP contribution in [0.2, 0.25) is 0 Å². The Hall–Kier alpha value is -1.91. The van der Waals surface area contributed by atoms with Crippen molar-refractivity contribution >= 4 is 12.0 Å². The van der Waals surface area contributed by atoms with Crippen LogP contribution in [0.5, 0.6) is 0 Å². The van der Waals surface area contributed by atoms with Crippen molar-refractivity contribution in [2.45, 2.75) is 45.3 Å². The van der Waals surface area contributed by atoms with E-state index in [4.69, 9.17) is 4.74 Å². The minimum atomic E-state index is -0.659. The number of ether oxygens (including phenoxy) is 1.